The lowest BCUT2D eigenvalue weighted by molar-refractivity contribution is -0.138. The molecule has 2 aromatic heterocycles. The number of H-pyrrole nitrogens is 1. The van der Waals surface area contributed by atoms with Gasteiger partial charge in [0.2, 0.25) is 23.5 Å². The van der Waals surface area contributed by atoms with Gasteiger partial charge < -0.3 is 30.1 Å². The van der Waals surface area contributed by atoms with Crippen LogP contribution in [0.5, 0.6) is 0 Å². The molecule has 1 unspecified atom stereocenters. The zero-order chi connectivity index (χ0) is 46.2. The van der Waals surface area contributed by atoms with Gasteiger partial charge in [-0.2, -0.15) is 12.7 Å². The van der Waals surface area contributed by atoms with Crippen LogP contribution in [0.4, 0.5) is 35.9 Å². The molecular formula is C45H48F3N9O7S. The average Bonchev–Trinajstić information content (AvgIpc) is 3.72. The Kier molecular flexibility index (Phi) is 12.6. The first-order valence-electron chi connectivity index (χ1n) is 21.3. The predicted octanol–water partition coefficient (Wildman–Crippen LogP) is 4.77. The van der Waals surface area contributed by atoms with Gasteiger partial charge in [-0.05, 0) is 73.4 Å². The Balaban J connectivity index is 0.851. The number of hydrogen-bond donors (Lipinski definition) is 5. The summed E-state index contributed by atoms with van der Waals surface area (Å²) in [6, 6.07) is 15.0. The number of aromatic amines is 1. The molecule has 0 radical (unpaired) electrons. The number of amides is 3. The van der Waals surface area contributed by atoms with E-state index in [9.17, 15) is 32.7 Å². The molecule has 0 saturated carbocycles. The lowest BCUT2D eigenvalue weighted by atomic mass is 9.87. The average molecular weight is 916 g/mol. The van der Waals surface area contributed by atoms with Gasteiger partial charge in [0.05, 0.1) is 29.0 Å². The number of piperazine rings is 1. The maximum Gasteiger partial charge on any atom is 0.301 e. The van der Waals surface area contributed by atoms with Gasteiger partial charge in [-0.3, -0.25) is 29.2 Å². The number of benzene rings is 3. The van der Waals surface area contributed by atoms with Crippen LogP contribution < -0.4 is 25.2 Å². The van der Waals surface area contributed by atoms with E-state index in [0.717, 1.165) is 27.7 Å². The predicted molar refractivity (Wildman–Crippen MR) is 238 cm³/mol. The second-order valence-corrected chi connectivity index (χ2v) is 18.4. The van der Waals surface area contributed by atoms with Gasteiger partial charge in [-0.25, -0.2) is 18.2 Å². The standard InChI is InChI=1S/C45H48F3N9O7S/c1-3-54(2)65(63,64)53-35-10-9-33(46)40(41(35)48)42(60)32-26-50-43-31(32)22-28(25-49-43)27-4-7-30(8-5-27)55-18-20-57(21-19-55)39(59)24-45(62)14-16-56(17-15-45)37-12-6-29(23-34(37)47)51-36-11-13-38(58)52-44(36)61/h4-10,12,22-23,25-26,36,51,53,62H,3,11,13-21,24H2,1-2H3,(H,49,50)(H,52,58,61). The molecular weight excluding hydrogens is 868 g/mol. The summed E-state index contributed by atoms with van der Waals surface area (Å²) in [6.07, 6.45) is 3.93. The Morgan fingerprint density at radius 3 is 2.32 bits per heavy atom. The van der Waals surface area contributed by atoms with Crippen molar-refractivity contribution >= 4 is 67.5 Å². The number of aromatic nitrogens is 2. The van der Waals surface area contributed by atoms with Crippen LogP contribution in [0.3, 0.4) is 0 Å². The summed E-state index contributed by atoms with van der Waals surface area (Å²) < 4.78 is 74.0. The van der Waals surface area contributed by atoms with E-state index in [2.05, 4.69) is 30.2 Å². The van der Waals surface area contributed by atoms with Crippen molar-refractivity contribution in [3.8, 4) is 11.1 Å². The van der Waals surface area contributed by atoms with Crippen molar-refractivity contribution in [3.63, 3.8) is 0 Å². The highest BCUT2D eigenvalue weighted by Gasteiger charge is 2.37. The summed E-state index contributed by atoms with van der Waals surface area (Å²) in [5, 5.41) is 17.0. The fourth-order valence-corrected chi connectivity index (χ4v) is 9.34. The molecule has 342 valence electrons. The number of fused-ring (bicyclic) bond motifs is 1. The zero-order valence-electron chi connectivity index (χ0n) is 35.7. The van der Waals surface area contributed by atoms with Gasteiger partial charge >= 0.3 is 10.2 Å². The number of carbonyl (C=O) groups is 4. The maximum absolute atomic E-state index is 15.6. The molecule has 16 nitrogen and oxygen atoms in total. The quantitative estimate of drug-likeness (QED) is 0.0805. The third-order valence-corrected chi connectivity index (χ3v) is 14.0. The first kappa shape index (κ1) is 45.1. The van der Waals surface area contributed by atoms with Crippen molar-refractivity contribution in [2.75, 3.05) is 72.7 Å². The van der Waals surface area contributed by atoms with E-state index in [-0.39, 0.29) is 49.6 Å². The number of nitrogens with one attached hydrogen (secondary N) is 4. The Morgan fingerprint density at radius 2 is 1.65 bits per heavy atom. The van der Waals surface area contributed by atoms with Crippen LogP contribution in [0.15, 0.2) is 73.1 Å². The van der Waals surface area contributed by atoms with Gasteiger partial charge in [0.25, 0.3) is 0 Å². The van der Waals surface area contributed by atoms with Crippen molar-refractivity contribution in [2.45, 2.75) is 50.7 Å². The Hall–Kier alpha value is -6.51. The van der Waals surface area contributed by atoms with Gasteiger partial charge in [-0.1, -0.05) is 19.1 Å². The van der Waals surface area contributed by atoms with Crippen molar-refractivity contribution in [1.29, 1.82) is 0 Å². The molecule has 1 atom stereocenters. The number of ketones is 1. The lowest BCUT2D eigenvalue weighted by Gasteiger charge is -2.41. The molecule has 3 aromatic carbocycles. The fourth-order valence-electron chi connectivity index (χ4n) is 8.41. The summed E-state index contributed by atoms with van der Waals surface area (Å²) in [5.74, 6) is -4.93. The molecule has 0 bridgehead atoms. The number of hydrogen-bond acceptors (Lipinski definition) is 11. The van der Waals surface area contributed by atoms with Gasteiger partial charge in [-0.15, -0.1) is 0 Å². The van der Waals surface area contributed by atoms with E-state index in [1.165, 1.54) is 19.3 Å². The molecule has 5 N–H and O–H groups in total. The van der Waals surface area contributed by atoms with E-state index in [1.54, 1.807) is 36.2 Å². The Morgan fingerprint density at radius 1 is 0.923 bits per heavy atom. The summed E-state index contributed by atoms with van der Waals surface area (Å²) in [6.45, 7) is 4.37. The van der Waals surface area contributed by atoms with E-state index in [0.29, 0.717) is 73.7 Å². The highest BCUT2D eigenvalue weighted by molar-refractivity contribution is 7.90. The van der Waals surface area contributed by atoms with Crippen LogP contribution in [0.2, 0.25) is 0 Å². The summed E-state index contributed by atoms with van der Waals surface area (Å²) >= 11 is 0. The number of aliphatic hydroxyl groups is 1. The van der Waals surface area contributed by atoms with Crippen LogP contribution in [-0.2, 0) is 24.6 Å². The number of pyridine rings is 1. The van der Waals surface area contributed by atoms with E-state index in [1.807, 2.05) is 29.2 Å². The fraction of sp³-hybridized carbons (Fsp3) is 0.356. The van der Waals surface area contributed by atoms with Crippen molar-refractivity contribution in [2.24, 2.45) is 0 Å². The Labute approximate surface area is 373 Å². The van der Waals surface area contributed by atoms with E-state index < -0.39 is 62.2 Å². The lowest BCUT2D eigenvalue weighted by Crippen LogP contribution is -2.52. The van der Waals surface area contributed by atoms with E-state index in [4.69, 9.17) is 0 Å². The zero-order valence-corrected chi connectivity index (χ0v) is 36.5. The van der Waals surface area contributed by atoms with Gasteiger partial charge in [0.15, 0.2) is 5.82 Å². The van der Waals surface area contributed by atoms with Crippen molar-refractivity contribution in [3.05, 3.63) is 102 Å². The number of nitrogens with zero attached hydrogens (tertiary/aromatic N) is 5. The summed E-state index contributed by atoms with van der Waals surface area (Å²) in [5.41, 5.74) is 0.603. The van der Waals surface area contributed by atoms with Crippen LogP contribution in [0, 0.1) is 17.5 Å². The SMILES string of the molecule is CCN(C)S(=O)(=O)Nc1ccc(F)c(C(=O)c2c[nH]c3ncc(-c4ccc(N5CCN(C(=O)CC6(O)CCN(c7ccc(NC8CCC(=O)NC8=O)cc7F)CC6)CC5)cc4)cc23)c1F. The molecule has 65 heavy (non-hydrogen) atoms. The topological polar surface area (TPSA) is 200 Å². The third kappa shape index (κ3) is 9.50. The van der Waals surface area contributed by atoms with Crippen molar-refractivity contribution < 1.29 is 45.9 Å². The van der Waals surface area contributed by atoms with Gasteiger partial charge in [0.1, 0.15) is 23.3 Å². The molecule has 3 amide bonds. The molecule has 5 aromatic rings. The first-order chi connectivity index (χ1) is 31.0. The maximum atomic E-state index is 15.6. The largest absolute Gasteiger partial charge is 0.389 e. The van der Waals surface area contributed by atoms with E-state index >= 15 is 13.2 Å². The minimum Gasteiger partial charge on any atom is -0.389 e. The van der Waals surface area contributed by atoms with Crippen molar-refractivity contribution in [1.82, 2.24) is 24.5 Å². The molecule has 0 aliphatic carbocycles. The highest BCUT2D eigenvalue weighted by Crippen LogP contribution is 2.34. The number of anilines is 4. The molecule has 0 spiro atoms. The monoisotopic (exact) mass is 915 g/mol. The summed E-state index contributed by atoms with van der Waals surface area (Å²) in [7, 11) is -2.87. The molecule has 8 rings (SSSR count). The minimum absolute atomic E-state index is 0.0473. The smallest absolute Gasteiger partial charge is 0.301 e. The third-order valence-electron chi connectivity index (χ3n) is 12.4. The second kappa shape index (κ2) is 18.2. The number of halogens is 3. The molecule has 3 saturated heterocycles. The number of piperidine rings is 2. The normalized spacial score (nSPS) is 18.0. The first-order valence-corrected chi connectivity index (χ1v) is 22.7. The molecule has 3 aliphatic heterocycles. The highest BCUT2D eigenvalue weighted by atomic mass is 32.2. The Bertz CT molecular complexity index is 2770. The van der Waals surface area contributed by atoms with Crippen LogP contribution >= 0.6 is 0 Å². The minimum atomic E-state index is -4.16. The molecule has 20 heteroatoms. The molecule has 5 heterocycles. The molecule has 3 aliphatic rings. The van der Waals surface area contributed by atoms with Crippen LogP contribution in [0.1, 0.15) is 54.9 Å². The number of rotatable bonds is 13. The number of imide groups is 1. The van der Waals surface area contributed by atoms with Crippen LogP contribution in [-0.4, -0.2) is 121 Å². The summed E-state index contributed by atoms with van der Waals surface area (Å²) in [4.78, 5) is 63.7. The van der Waals surface area contributed by atoms with Crippen LogP contribution in [0.25, 0.3) is 22.2 Å². The number of carbonyl (C=O) groups excluding carboxylic acids is 4. The molecule has 3 fully saturated rings. The second-order valence-electron chi connectivity index (χ2n) is 16.6. The van der Waals surface area contributed by atoms with Gasteiger partial charge in [0, 0.05) is 99.6 Å².